The Kier molecular flexibility index (Phi) is 4.53. The lowest BCUT2D eigenvalue weighted by Gasteiger charge is -2.15. The van der Waals surface area contributed by atoms with Crippen molar-refractivity contribution in [2.75, 3.05) is 6.54 Å². The van der Waals surface area contributed by atoms with Crippen molar-refractivity contribution in [3.8, 4) is 0 Å². The molecular weight excluding hydrogens is 254 g/mol. The minimum Gasteiger partial charge on any atom is -0.354 e. The Bertz CT molecular complexity index is 523. The van der Waals surface area contributed by atoms with Crippen LogP contribution in [0.5, 0.6) is 0 Å². The lowest BCUT2D eigenvalue weighted by molar-refractivity contribution is -0.128. The van der Waals surface area contributed by atoms with E-state index in [1.807, 2.05) is 30.3 Å². The van der Waals surface area contributed by atoms with Crippen LogP contribution in [0.3, 0.4) is 0 Å². The molecule has 1 aliphatic rings. The average molecular weight is 273 g/mol. The Morgan fingerprint density at radius 3 is 2.75 bits per heavy atom. The van der Waals surface area contributed by atoms with E-state index in [1.165, 1.54) is 0 Å². The summed E-state index contributed by atoms with van der Waals surface area (Å²) in [7, 11) is 0. The van der Waals surface area contributed by atoms with Gasteiger partial charge in [0.15, 0.2) is 0 Å². The third-order valence-corrected chi connectivity index (χ3v) is 3.20. The average Bonchev–Trinajstić information content (AvgIpc) is 2.62. The minimum absolute atomic E-state index is 0.204. The van der Waals surface area contributed by atoms with Crippen molar-refractivity contribution in [2.24, 2.45) is 5.73 Å². The molecule has 1 aromatic carbocycles. The Labute approximate surface area is 118 Å². The molecule has 0 aliphatic carbocycles. The smallest absolute Gasteiger partial charge is 0.246 e. The molecule has 0 radical (unpaired) electrons. The summed E-state index contributed by atoms with van der Waals surface area (Å²) in [5.41, 5.74) is 7.62. The summed E-state index contributed by atoms with van der Waals surface area (Å²) in [5, 5.41) is 5.45. The highest BCUT2D eigenvalue weighted by Gasteiger charge is 2.23. The van der Waals surface area contributed by atoms with Crippen LogP contribution < -0.4 is 16.4 Å². The second kappa shape index (κ2) is 6.34. The fourth-order valence-corrected chi connectivity index (χ4v) is 2.08. The standard InChI is InChI=1S/C15H19N3O2/c1-10(16)14(19)18-13-9-12(7-8-17-15(13)20)11-5-3-2-4-6-11/h2-6,9-10,13H,7-8,16H2,1H3,(H,17,20)(H,18,19)/t10-,13-/m0/s1. The molecule has 5 heteroatoms. The molecule has 4 N–H and O–H groups in total. The normalized spacial score (nSPS) is 20.4. The van der Waals surface area contributed by atoms with E-state index in [9.17, 15) is 9.59 Å². The summed E-state index contributed by atoms with van der Waals surface area (Å²) in [6.07, 6.45) is 2.54. The molecular formula is C15H19N3O2. The van der Waals surface area contributed by atoms with E-state index < -0.39 is 12.1 Å². The van der Waals surface area contributed by atoms with Gasteiger partial charge in [0, 0.05) is 6.54 Å². The molecule has 2 atom stereocenters. The van der Waals surface area contributed by atoms with Gasteiger partial charge >= 0.3 is 0 Å². The fraction of sp³-hybridized carbons (Fsp3) is 0.333. The van der Waals surface area contributed by atoms with Gasteiger partial charge in [-0.05, 0) is 30.6 Å². The van der Waals surface area contributed by atoms with Crippen molar-refractivity contribution in [3.05, 3.63) is 42.0 Å². The van der Waals surface area contributed by atoms with Crippen LogP contribution in [-0.2, 0) is 9.59 Å². The predicted octanol–water partition coefficient (Wildman–Crippen LogP) is 0.422. The van der Waals surface area contributed by atoms with E-state index in [1.54, 1.807) is 13.0 Å². The first-order valence-electron chi connectivity index (χ1n) is 6.67. The van der Waals surface area contributed by atoms with Gasteiger partial charge in [-0.1, -0.05) is 30.3 Å². The molecule has 1 aliphatic heterocycles. The zero-order valence-electron chi connectivity index (χ0n) is 11.4. The van der Waals surface area contributed by atoms with E-state index >= 15 is 0 Å². The maximum absolute atomic E-state index is 11.9. The molecule has 0 saturated carbocycles. The van der Waals surface area contributed by atoms with Gasteiger partial charge in [0.2, 0.25) is 11.8 Å². The Morgan fingerprint density at radius 2 is 2.10 bits per heavy atom. The van der Waals surface area contributed by atoms with Gasteiger partial charge in [-0.15, -0.1) is 0 Å². The molecule has 0 fully saturated rings. The Hall–Kier alpha value is -2.14. The van der Waals surface area contributed by atoms with Crippen LogP contribution in [-0.4, -0.2) is 30.4 Å². The van der Waals surface area contributed by atoms with Crippen molar-refractivity contribution >= 4 is 17.4 Å². The number of carbonyl (C=O) groups is 2. The highest BCUT2D eigenvalue weighted by atomic mass is 16.2. The zero-order chi connectivity index (χ0) is 14.5. The van der Waals surface area contributed by atoms with Gasteiger partial charge in [0.05, 0.1) is 6.04 Å². The zero-order valence-corrected chi connectivity index (χ0v) is 11.4. The molecule has 1 heterocycles. The number of amides is 2. The first-order valence-corrected chi connectivity index (χ1v) is 6.67. The Morgan fingerprint density at radius 1 is 1.40 bits per heavy atom. The number of hydrogen-bond donors (Lipinski definition) is 3. The molecule has 106 valence electrons. The molecule has 0 saturated heterocycles. The summed E-state index contributed by atoms with van der Waals surface area (Å²) >= 11 is 0. The highest BCUT2D eigenvalue weighted by molar-refractivity contribution is 5.93. The second-order valence-corrected chi connectivity index (χ2v) is 4.87. The molecule has 0 aromatic heterocycles. The predicted molar refractivity (Wildman–Crippen MR) is 77.6 cm³/mol. The van der Waals surface area contributed by atoms with Crippen molar-refractivity contribution in [3.63, 3.8) is 0 Å². The minimum atomic E-state index is -0.675. The third-order valence-electron chi connectivity index (χ3n) is 3.20. The second-order valence-electron chi connectivity index (χ2n) is 4.87. The lowest BCUT2D eigenvalue weighted by atomic mass is 10.0. The first-order chi connectivity index (χ1) is 9.58. The maximum Gasteiger partial charge on any atom is 0.246 e. The summed E-state index contributed by atoms with van der Waals surface area (Å²) < 4.78 is 0. The van der Waals surface area contributed by atoms with E-state index in [0.29, 0.717) is 6.54 Å². The van der Waals surface area contributed by atoms with Crippen molar-refractivity contribution in [1.82, 2.24) is 10.6 Å². The molecule has 20 heavy (non-hydrogen) atoms. The summed E-state index contributed by atoms with van der Waals surface area (Å²) in [6, 6.07) is 8.51. The largest absolute Gasteiger partial charge is 0.354 e. The van der Waals surface area contributed by atoms with Crippen molar-refractivity contribution in [1.29, 1.82) is 0 Å². The molecule has 5 nitrogen and oxygen atoms in total. The van der Waals surface area contributed by atoms with Crippen LogP contribution in [0.2, 0.25) is 0 Å². The van der Waals surface area contributed by atoms with Gasteiger partial charge in [0.25, 0.3) is 0 Å². The van der Waals surface area contributed by atoms with Crippen molar-refractivity contribution in [2.45, 2.75) is 25.4 Å². The topological polar surface area (TPSA) is 84.2 Å². The number of nitrogens with two attached hydrogens (primary N) is 1. The summed E-state index contributed by atoms with van der Waals surface area (Å²) in [5.74, 6) is -0.541. The van der Waals surface area contributed by atoms with Crippen LogP contribution in [0, 0.1) is 0 Å². The van der Waals surface area contributed by atoms with Gasteiger partial charge in [-0.3, -0.25) is 9.59 Å². The molecule has 0 unspecified atom stereocenters. The summed E-state index contributed by atoms with van der Waals surface area (Å²) in [4.78, 5) is 23.6. The number of carbonyl (C=O) groups excluding carboxylic acids is 2. The summed E-state index contributed by atoms with van der Waals surface area (Å²) in [6.45, 7) is 2.15. The highest BCUT2D eigenvalue weighted by Crippen LogP contribution is 2.20. The number of nitrogens with one attached hydrogen (secondary N) is 2. The lowest BCUT2D eigenvalue weighted by Crippen LogP contribution is -2.49. The van der Waals surface area contributed by atoms with Crippen LogP contribution in [0.15, 0.2) is 36.4 Å². The van der Waals surface area contributed by atoms with Gasteiger partial charge < -0.3 is 16.4 Å². The van der Waals surface area contributed by atoms with Crippen molar-refractivity contribution < 1.29 is 9.59 Å². The molecule has 0 spiro atoms. The number of rotatable bonds is 3. The SMILES string of the molecule is C[C@H](N)C(=O)N[C@H]1C=C(c2ccccc2)CCNC1=O. The van der Waals surface area contributed by atoms with Crippen LogP contribution in [0.4, 0.5) is 0 Å². The quantitative estimate of drug-likeness (QED) is 0.746. The first kappa shape index (κ1) is 14.3. The van der Waals surface area contributed by atoms with E-state index in [4.69, 9.17) is 5.73 Å². The number of hydrogen-bond acceptors (Lipinski definition) is 3. The van der Waals surface area contributed by atoms with E-state index in [-0.39, 0.29) is 11.8 Å². The molecule has 2 rings (SSSR count). The van der Waals surface area contributed by atoms with Gasteiger partial charge in [-0.25, -0.2) is 0 Å². The van der Waals surface area contributed by atoms with Crippen LogP contribution in [0.1, 0.15) is 18.9 Å². The molecule has 0 bridgehead atoms. The molecule has 1 aromatic rings. The molecule has 2 amide bonds. The van der Waals surface area contributed by atoms with Gasteiger partial charge in [0.1, 0.15) is 6.04 Å². The van der Waals surface area contributed by atoms with Crippen LogP contribution in [0.25, 0.3) is 5.57 Å². The monoisotopic (exact) mass is 273 g/mol. The maximum atomic E-state index is 11.9. The number of benzene rings is 1. The van der Waals surface area contributed by atoms with Crippen LogP contribution >= 0.6 is 0 Å². The third kappa shape index (κ3) is 3.45. The Balaban J connectivity index is 2.23. The fourth-order valence-electron chi connectivity index (χ4n) is 2.08. The van der Waals surface area contributed by atoms with E-state index in [0.717, 1.165) is 17.6 Å². The van der Waals surface area contributed by atoms with Gasteiger partial charge in [-0.2, -0.15) is 0 Å². The van der Waals surface area contributed by atoms with E-state index in [2.05, 4.69) is 10.6 Å².